The summed E-state index contributed by atoms with van der Waals surface area (Å²) >= 11 is 0. The Morgan fingerprint density at radius 2 is 2.03 bits per heavy atom. The molecule has 2 aromatic heterocycles. The van der Waals surface area contributed by atoms with Crippen LogP contribution in [0.3, 0.4) is 0 Å². The summed E-state index contributed by atoms with van der Waals surface area (Å²) in [6, 6.07) is 5.46. The first-order valence-corrected chi connectivity index (χ1v) is 11.2. The van der Waals surface area contributed by atoms with Crippen molar-refractivity contribution in [2.75, 3.05) is 32.7 Å². The van der Waals surface area contributed by atoms with E-state index < -0.39 is 24.2 Å². The summed E-state index contributed by atoms with van der Waals surface area (Å²) in [6.07, 6.45) is 2.90. The van der Waals surface area contributed by atoms with Gasteiger partial charge >= 0.3 is 0 Å². The smallest absolute Gasteiger partial charge is 0.237 e. The topological polar surface area (TPSA) is 152 Å². The number of hydrogen-bond acceptors (Lipinski definition) is 9. The maximum atomic E-state index is 12.9. The van der Waals surface area contributed by atoms with Crippen LogP contribution in [0.1, 0.15) is 18.0 Å². The molecule has 2 heterocycles. The number of benzene rings is 1. The Hall–Kier alpha value is -3.28. The Morgan fingerprint density at radius 3 is 2.68 bits per heavy atom. The van der Waals surface area contributed by atoms with E-state index in [2.05, 4.69) is 20.3 Å². The van der Waals surface area contributed by atoms with Crippen molar-refractivity contribution < 1.29 is 19.7 Å². The second-order valence-corrected chi connectivity index (χ2v) is 8.85. The molecule has 1 aromatic carbocycles. The second kappa shape index (κ2) is 9.92. The Balaban J connectivity index is 1.49. The lowest BCUT2D eigenvalue weighted by molar-refractivity contribution is -0.124. The van der Waals surface area contributed by atoms with Gasteiger partial charge in [-0.15, -0.1) is 0 Å². The number of nitrogens with zero attached hydrogens (tertiary/aromatic N) is 5. The number of imidazole rings is 1. The van der Waals surface area contributed by atoms with Crippen LogP contribution in [0.5, 0.6) is 5.75 Å². The van der Waals surface area contributed by atoms with Gasteiger partial charge in [0.2, 0.25) is 5.91 Å². The summed E-state index contributed by atoms with van der Waals surface area (Å²) in [5.41, 5.74) is 8.26. The van der Waals surface area contributed by atoms with Gasteiger partial charge in [-0.25, -0.2) is 15.0 Å². The SMILES string of the molecule is COc1ccc(CC(N)C(=O)N[C@@H]2[C@@H](CO)C[C@@H](n3cnc4c(N(C)C)ncnc43)[C@@H]2O)cc1. The quantitative estimate of drug-likeness (QED) is 0.353. The molecule has 5 N–H and O–H groups in total. The molecule has 0 spiro atoms. The highest BCUT2D eigenvalue weighted by Gasteiger charge is 2.44. The number of aromatic nitrogens is 4. The van der Waals surface area contributed by atoms with Crippen LogP contribution in [0.25, 0.3) is 11.2 Å². The molecule has 11 nitrogen and oxygen atoms in total. The second-order valence-electron chi connectivity index (χ2n) is 8.85. The maximum absolute atomic E-state index is 12.9. The van der Waals surface area contributed by atoms with E-state index in [0.717, 1.165) is 11.3 Å². The van der Waals surface area contributed by atoms with Crippen molar-refractivity contribution >= 4 is 22.9 Å². The Morgan fingerprint density at radius 1 is 1.29 bits per heavy atom. The van der Waals surface area contributed by atoms with Crippen molar-refractivity contribution in [2.24, 2.45) is 11.7 Å². The zero-order valence-electron chi connectivity index (χ0n) is 19.5. The van der Waals surface area contributed by atoms with E-state index in [1.807, 2.05) is 43.3 Å². The van der Waals surface area contributed by atoms with Crippen molar-refractivity contribution in [3.63, 3.8) is 0 Å². The summed E-state index contributed by atoms with van der Waals surface area (Å²) in [7, 11) is 5.33. The number of ether oxygens (including phenoxy) is 1. The number of aliphatic hydroxyl groups excluding tert-OH is 2. The van der Waals surface area contributed by atoms with Crippen LogP contribution in [-0.4, -0.2) is 81.6 Å². The van der Waals surface area contributed by atoms with Crippen molar-refractivity contribution in [2.45, 2.75) is 37.1 Å². The molecule has 0 saturated heterocycles. The lowest BCUT2D eigenvalue weighted by Crippen LogP contribution is -2.52. The molecule has 5 atom stereocenters. The first kappa shape index (κ1) is 23.9. The van der Waals surface area contributed by atoms with Crippen LogP contribution in [-0.2, 0) is 11.2 Å². The molecular formula is C23H31N7O4. The van der Waals surface area contributed by atoms with E-state index in [0.29, 0.717) is 29.8 Å². The molecule has 182 valence electrons. The van der Waals surface area contributed by atoms with Gasteiger partial charge in [0.15, 0.2) is 17.0 Å². The van der Waals surface area contributed by atoms with E-state index in [9.17, 15) is 15.0 Å². The van der Waals surface area contributed by atoms with Gasteiger partial charge in [0.05, 0.1) is 37.7 Å². The first-order valence-electron chi connectivity index (χ1n) is 11.2. The standard InChI is InChI=1S/C23H31N7O4/c1-29(2)21-19-22(26-11-25-21)30(12-27-19)17-9-14(10-31)18(20(17)32)28-23(33)16(24)8-13-4-6-15(34-3)7-5-13/h4-7,11-12,14,16-18,20,31-32H,8-10,24H2,1-3H3,(H,28,33)/t14-,16?,17-,18-,20+/m1/s1. The maximum Gasteiger partial charge on any atom is 0.237 e. The number of hydrogen-bond donors (Lipinski definition) is 4. The minimum Gasteiger partial charge on any atom is -0.497 e. The van der Waals surface area contributed by atoms with Gasteiger partial charge in [-0.2, -0.15) is 0 Å². The van der Waals surface area contributed by atoms with Crippen LogP contribution in [0.2, 0.25) is 0 Å². The first-order chi connectivity index (χ1) is 16.3. The summed E-state index contributed by atoms with van der Waals surface area (Å²) in [5, 5.41) is 24.0. The minimum atomic E-state index is -0.954. The average Bonchev–Trinajstić information content (AvgIpc) is 3.40. The molecule has 0 bridgehead atoms. The van der Waals surface area contributed by atoms with E-state index in [1.54, 1.807) is 18.0 Å². The fourth-order valence-corrected chi connectivity index (χ4v) is 4.57. The summed E-state index contributed by atoms with van der Waals surface area (Å²) in [5.74, 6) is 0.670. The number of carbonyl (C=O) groups excluding carboxylic acids is 1. The number of amides is 1. The number of aliphatic hydroxyl groups is 2. The summed E-state index contributed by atoms with van der Waals surface area (Å²) < 4.78 is 6.95. The summed E-state index contributed by atoms with van der Waals surface area (Å²) in [6.45, 7) is -0.184. The highest BCUT2D eigenvalue weighted by molar-refractivity contribution is 5.83. The van der Waals surface area contributed by atoms with Gasteiger partial charge in [0.1, 0.15) is 12.1 Å². The van der Waals surface area contributed by atoms with Crippen LogP contribution in [0, 0.1) is 5.92 Å². The molecule has 3 aromatic rings. The summed E-state index contributed by atoms with van der Waals surface area (Å²) in [4.78, 5) is 27.8. The Bertz CT molecular complexity index is 1130. The largest absolute Gasteiger partial charge is 0.497 e. The molecule has 1 amide bonds. The average molecular weight is 470 g/mol. The number of fused-ring (bicyclic) bond motifs is 1. The van der Waals surface area contributed by atoms with E-state index in [1.165, 1.54) is 6.33 Å². The van der Waals surface area contributed by atoms with E-state index >= 15 is 0 Å². The van der Waals surface area contributed by atoms with Gasteiger partial charge in [0, 0.05) is 26.6 Å². The number of nitrogens with one attached hydrogen (secondary N) is 1. The van der Waals surface area contributed by atoms with Crippen LogP contribution >= 0.6 is 0 Å². The Kier molecular flexibility index (Phi) is 6.96. The molecule has 1 aliphatic carbocycles. The van der Waals surface area contributed by atoms with Gasteiger partial charge in [0.25, 0.3) is 0 Å². The van der Waals surface area contributed by atoms with E-state index in [4.69, 9.17) is 10.5 Å². The van der Waals surface area contributed by atoms with Crippen LogP contribution in [0.15, 0.2) is 36.9 Å². The molecule has 1 unspecified atom stereocenters. The predicted molar refractivity (Wildman–Crippen MR) is 126 cm³/mol. The normalized spacial score (nSPS) is 23.1. The molecule has 11 heteroatoms. The number of rotatable bonds is 8. The minimum absolute atomic E-state index is 0.184. The number of methoxy groups -OCH3 is 1. The zero-order valence-corrected chi connectivity index (χ0v) is 19.5. The van der Waals surface area contributed by atoms with E-state index in [-0.39, 0.29) is 18.4 Å². The van der Waals surface area contributed by atoms with Crippen LogP contribution < -0.4 is 20.7 Å². The Labute approximate surface area is 197 Å². The predicted octanol–water partition coefficient (Wildman–Crippen LogP) is -0.130. The molecule has 1 aliphatic rings. The number of anilines is 1. The van der Waals surface area contributed by atoms with Crippen molar-refractivity contribution in [3.8, 4) is 5.75 Å². The van der Waals surface area contributed by atoms with Gasteiger partial charge in [-0.1, -0.05) is 12.1 Å². The monoisotopic (exact) mass is 469 g/mol. The molecule has 4 rings (SSSR count). The van der Waals surface area contributed by atoms with Crippen molar-refractivity contribution in [1.82, 2.24) is 24.8 Å². The number of carbonyl (C=O) groups is 1. The third kappa shape index (κ3) is 4.54. The van der Waals surface area contributed by atoms with Gasteiger partial charge in [-0.3, -0.25) is 4.79 Å². The lowest BCUT2D eigenvalue weighted by Gasteiger charge is -2.25. The molecular weight excluding hydrogens is 438 g/mol. The molecule has 0 radical (unpaired) electrons. The molecule has 1 saturated carbocycles. The van der Waals surface area contributed by atoms with Gasteiger partial charge < -0.3 is 35.5 Å². The fraction of sp³-hybridized carbons (Fsp3) is 0.478. The van der Waals surface area contributed by atoms with Crippen molar-refractivity contribution in [1.29, 1.82) is 0 Å². The van der Waals surface area contributed by atoms with Crippen LogP contribution in [0.4, 0.5) is 5.82 Å². The number of nitrogens with two attached hydrogens (primary N) is 1. The fourth-order valence-electron chi connectivity index (χ4n) is 4.57. The third-order valence-electron chi connectivity index (χ3n) is 6.43. The molecule has 1 fully saturated rings. The highest BCUT2D eigenvalue weighted by Crippen LogP contribution is 2.37. The molecule has 34 heavy (non-hydrogen) atoms. The van der Waals surface area contributed by atoms with Crippen molar-refractivity contribution in [3.05, 3.63) is 42.5 Å². The third-order valence-corrected chi connectivity index (χ3v) is 6.43. The molecule has 0 aliphatic heterocycles. The zero-order chi connectivity index (χ0) is 24.4. The highest BCUT2D eigenvalue weighted by atomic mass is 16.5. The van der Waals surface area contributed by atoms with Gasteiger partial charge in [-0.05, 0) is 30.5 Å². The lowest BCUT2D eigenvalue weighted by atomic mass is 10.0.